The largest absolute Gasteiger partial charge is 0.477 e. The smallest absolute Gasteiger partial charge is 0.346 e. The van der Waals surface area contributed by atoms with Crippen molar-refractivity contribution in [1.29, 1.82) is 0 Å². The number of thiazole rings is 1. The molecular formula is C13H12N4O2S2. The lowest BCUT2D eigenvalue weighted by atomic mass is 10.2. The van der Waals surface area contributed by atoms with E-state index in [2.05, 4.69) is 20.3 Å². The predicted octanol–water partition coefficient (Wildman–Crippen LogP) is 2.81. The van der Waals surface area contributed by atoms with Crippen LogP contribution in [0.3, 0.4) is 0 Å². The first-order chi connectivity index (χ1) is 10.2. The van der Waals surface area contributed by atoms with Gasteiger partial charge in [-0.2, -0.15) is 0 Å². The quantitative estimate of drug-likeness (QED) is 0.751. The lowest BCUT2D eigenvalue weighted by Crippen LogP contribution is -2.07. The van der Waals surface area contributed by atoms with Crippen LogP contribution in [0, 0.1) is 6.92 Å². The van der Waals surface area contributed by atoms with E-state index >= 15 is 0 Å². The molecule has 0 radical (unpaired) electrons. The Hall–Kier alpha value is -2.06. The molecule has 0 saturated carbocycles. The summed E-state index contributed by atoms with van der Waals surface area (Å²) < 4.78 is 0. The second-order valence-corrected chi connectivity index (χ2v) is 6.14. The molecule has 0 aliphatic rings. The molecule has 3 aromatic heterocycles. The van der Waals surface area contributed by atoms with Crippen molar-refractivity contribution >= 4 is 44.7 Å². The lowest BCUT2D eigenvalue weighted by molar-refractivity contribution is 0.0701. The highest BCUT2D eigenvalue weighted by Crippen LogP contribution is 2.33. The van der Waals surface area contributed by atoms with Crippen molar-refractivity contribution in [3.05, 3.63) is 33.4 Å². The number of fused-ring (bicyclic) bond motifs is 1. The molecule has 3 heterocycles. The van der Waals surface area contributed by atoms with E-state index in [-0.39, 0.29) is 0 Å². The van der Waals surface area contributed by atoms with Crippen LogP contribution in [0.1, 0.15) is 20.9 Å². The number of aromatic carboxylic acids is 1. The van der Waals surface area contributed by atoms with E-state index in [1.165, 1.54) is 17.7 Å². The molecule has 3 rings (SSSR count). The van der Waals surface area contributed by atoms with Gasteiger partial charge in [0.1, 0.15) is 21.9 Å². The molecule has 0 saturated heterocycles. The molecule has 0 aliphatic carbocycles. The Bertz CT molecular complexity index is 783. The van der Waals surface area contributed by atoms with Gasteiger partial charge in [0.2, 0.25) is 0 Å². The minimum Gasteiger partial charge on any atom is -0.477 e. The average Bonchev–Trinajstić information content (AvgIpc) is 3.07. The van der Waals surface area contributed by atoms with Gasteiger partial charge >= 0.3 is 5.97 Å². The summed E-state index contributed by atoms with van der Waals surface area (Å²) in [5.74, 6) is -0.250. The Morgan fingerprint density at radius 2 is 2.24 bits per heavy atom. The van der Waals surface area contributed by atoms with Gasteiger partial charge in [-0.15, -0.1) is 22.7 Å². The van der Waals surface area contributed by atoms with Gasteiger partial charge in [0, 0.05) is 18.3 Å². The Morgan fingerprint density at radius 1 is 1.38 bits per heavy atom. The monoisotopic (exact) mass is 320 g/mol. The van der Waals surface area contributed by atoms with Crippen molar-refractivity contribution < 1.29 is 9.90 Å². The van der Waals surface area contributed by atoms with E-state index in [0.717, 1.165) is 17.5 Å². The maximum absolute atomic E-state index is 11.2. The summed E-state index contributed by atoms with van der Waals surface area (Å²) in [4.78, 5) is 24.8. The van der Waals surface area contributed by atoms with Crippen LogP contribution < -0.4 is 5.32 Å². The third kappa shape index (κ3) is 2.72. The summed E-state index contributed by atoms with van der Waals surface area (Å²) in [6.07, 6.45) is 2.25. The minimum atomic E-state index is -0.927. The number of hydrogen-bond donors (Lipinski definition) is 2. The first kappa shape index (κ1) is 13.9. The van der Waals surface area contributed by atoms with Crippen molar-refractivity contribution in [1.82, 2.24) is 15.0 Å². The van der Waals surface area contributed by atoms with Gasteiger partial charge in [0.15, 0.2) is 0 Å². The molecule has 0 unspecified atom stereocenters. The van der Waals surface area contributed by atoms with Crippen LogP contribution >= 0.6 is 22.7 Å². The van der Waals surface area contributed by atoms with Gasteiger partial charge in [-0.05, 0) is 12.5 Å². The third-order valence-corrected chi connectivity index (χ3v) is 4.90. The van der Waals surface area contributed by atoms with Gasteiger partial charge < -0.3 is 10.4 Å². The van der Waals surface area contributed by atoms with E-state index in [1.807, 2.05) is 5.38 Å². The lowest BCUT2D eigenvalue weighted by Gasteiger charge is -2.06. The Balaban J connectivity index is 1.86. The molecule has 0 atom stereocenters. The van der Waals surface area contributed by atoms with Crippen molar-refractivity contribution in [3.63, 3.8) is 0 Å². The van der Waals surface area contributed by atoms with Gasteiger partial charge in [-0.25, -0.2) is 19.7 Å². The van der Waals surface area contributed by atoms with E-state index in [4.69, 9.17) is 0 Å². The zero-order valence-electron chi connectivity index (χ0n) is 11.2. The number of hydrogen-bond acceptors (Lipinski definition) is 7. The van der Waals surface area contributed by atoms with Crippen LogP contribution in [0.25, 0.3) is 10.2 Å². The van der Waals surface area contributed by atoms with Crippen molar-refractivity contribution in [2.45, 2.75) is 13.3 Å². The summed E-state index contributed by atoms with van der Waals surface area (Å²) in [6, 6.07) is 0. The third-order valence-electron chi connectivity index (χ3n) is 3.08. The van der Waals surface area contributed by atoms with Gasteiger partial charge in [-0.1, -0.05) is 0 Å². The van der Waals surface area contributed by atoms with E-state index in [9.17, 15) is 9.90 Å². The van der Waals surface area contributed by atoms with Crippen molar-refractivity contribution in [3.8, 4) is 0 Å². The zero-order valence-corrected chi connectivity index (χ0v) is 12.8. The summed E-state index contributed by atoms with van der Waals surface area (Å²) in [5.41, 5.74) is 3.55. The number of carboxylic acid groups (broad SMARTS) is 1. The molecule has 21 heavy (non-hydrogen) atoms. The number of anilines is 1. The first-order valence-corrected chi connectivity index (χ1v) is 8.01. The highest BCUT2D eigenvalue weighted by Gasteiger charge is 2.18. The van der Waals surface area contributed by atoms with Crippen LogP contribution in [0.2, 0.25) is 0 Å². The molecule has 0 aliphatic heterocycles. The number of carboxylic acids is 1. The number of nitrogens with zero attached hydrogens (tertiary/aromatic N) is 3. The van der Waals surface area contributed by atoms with E-state index < -0.39 is 5.97 Å². The fraction of sp³-hybridized carbons (Fsp3) is 0.231. The average molecular weight is 320 g/mol. The van der Waals surface area contributed by atoms with Crippen molar-refractivity contribution in [2.24, 2.45) is 0 Å². The first-order valence-electron chi connectivity index (χ1n) is 6.25. The number of carbonyl (C=O) groups is 1. The van der Waals surface area contributed by atoms with Crippen molar-refractivity contribution in [2.75, 3.05) is 11.9 Å². The fourth-order valence-electron chi connectivity index (χ4n) is 2.08. The van der Waals surface area contributed by atoms with Crippen LogP contribution in [0.4, 0.5) is 5.82 Å². The predicted molar refractivity (Wildman–Crippen MR) is 83.4 cm³/mol. The molecule has 8 heteroatoms. The molecule has 2 N–H and O–H groups in total. The molecular weight excluding hydrogens is 308 g/mol. The number of aryl methyl sites for hydroxylation is 1. The number of nitrogens with one attached hydrogen (secondary N) is 1. The highest BCUT2D eigenvalue weighted by molar-refractivity contribution is 7.20. The molecule has 0 spiro atoms. The Morgan fingerprint density at radius 3 is 2.95 bits per heavy atom. The summed E-state index contributed by atoms with van der Waals surface area (Å²) in [6.45, 7) is 2.48. The second kappa shape index (κ2) is 5.74. The topological polar surface area (TPSA) is 88.0 Å². The minimum absolute atomic E-state index is 0.313. The Labute approximate surface area is 128 Å². The summed E-state index contributed by atoms with van der Waals surface area (Å²) >= 11 is 2.75. The van der Waals surface area contributed by atoms with Gasteiger partial charge in [0.05, 0.1) is 16.6 Å². The van der Waals surface area contributed by atoms with E-state index in [0.29, 0.717) is 27.6 Å². The van der Waals surface area contributed by atoms with Crippen LogP contribution in [-0.2, 0) is 6.42 Å². The number of aromatic nitrogens is 3. The maximum Gasteiger partial charge on any atom is 0.346 e. The standard InChI is InChI=1S/C13H12N4O2S2/c1-7-9-11(14-3-2-8-4-20-6-17-8)15-5-16-12(9)21-10(7)13(18)19/h4-6H,2-3H2,1H3,(H,18,19)(H,14,15,16). The van der Waals surface area contributed by atoms with E-state index in [1.54, 1.807) is 23.8 Å². The maximum atomic E-state index is 11.2. The molecule has 3 aromatic rings. The highest BCUT2D eigenvalue weighted by atomic mass is 32.1. The molecule has 0 amide bonds. The zero-order chi connectivity index (χ0) is 14.8. The SMILES string of the molecule is Cc1c(C(=O)O)sc2ncnc(NCCc3cscn3)c12. The normalized spacial score (nSPS) is 10.9. The van der Waals surface area contributed by atoms with Crippen LogP contribution in [-0.4, -0.2) is 32.6 Å². The summed E-state index contributed by atoms with van der Waals surface area (Å²) in [7, 11) is 0. The number of rotatable bonds is 5. The van der Waals surface area contributed by atoms with Crippen LogP contribution in [0.5, 0.6) is 0 Å². The number of thiophene rings is 1. The fourth-order valence-corrected chi connectivity index (χ4v) is 3.66. The second-order valence-electron chi connectivity index (χ2n) is 4.42. The summed E-state index contributed by atoms with van der Waals surface area (Å²) in [5, 5.41) is 15.2. The van der Waals surface area contributed by atoms with Gasteiger partial charge in [-0.3, -0.25) is 0 Å². The molecule has 108 valence electrons. The molecule has 0 bridgehead atoms. The van der Waals surface area contributed by atoms with Gasteiger partial charge in [0.25, 0.3) is 0 Å². The molecule has 0 fully saturated rings. The van der Waals surface area contributed by atoms with Crippen LogP contribution in [0.15, 0.2) is 17.2 Å². The Kier molecular flexibility index (Phi) is 3.80. The molecule has 0 aromatic carbocycles. The molecule has 6 nitrogen and oxygen atoms in total.